The molecular formula is C12H17NO2S. The smallest absolute Gasteiger partial charge is 0.305 e. The van der Waals surface area contributed by atoms with Crippen LogP contribution in [0.3, 0.4) is 0 Å². The lowest BCUT2D eigenvalue weighted by Crippen LogP contribution is -2.07. The maximum Gasteiger partial charge on any atom is 0.305 e. The van der Waals surface area contributed by atoms with Crippen molar-refractivity contribution < 1.29 is 9.90 Å². The molecule has 0 bridgehead atoms. The summed E-state index contributed by atoms with van der Waals surface area (Å²) in [5.74, 6) is -0.778. The van der Waals surface area contributed by atoms with Gasteiger partial charge in [0.2, 0.25) is 0 Å². The molecule has 0 aliphatic heterocycles. The van der Waals surface area contributed by atoms with E-state index in [0.29, 0.717) is 11.8 Å². The fourth-order valence-electron chi connectivity index (χ4n) is 1.24. The van der Waals surface area contributed by atoms with E-state index in [1.165, 1.54) is 4.90 Å². The summed E-state index contributed by atoms with van der Waals surface area (Å²) in [4.78, 5) is 11.6. The topological polar surface area (TPSA) is 49.3 Å². The van der Waals surface area contributed by atoms with Crippen molar-refractivity contribution in [1.82, 2.24) is 0 Å². The number of thioether (sulfide) groups is 1. The van der Waals surface area contributed by atoms with Gasteiger partial charge in [0.05, 0.1) is 6.42 Å². The summed E-state index contributed by atoms with van der Waals surface area (Å²) in [6, 6.07) is 8.06. The van der Waals surface area contributed by atoms with Crippen LogP contribution in [0.5, 0.6) is 0 Å². The average Bonchev–Trinajstić information content (AvgIpc) is 2.19. The second-order valence-electron chi connectivity index (χ2n) is 3.76. The van der Waals surface area contributed by atoms with Crippen LogP contribution in [0.1, 0.15) is 20.3 Å². The highest BCUT2D eigenvalue weighted by molar-refractivity contribution is 7.99. The van der Waals surface area contributed by atoms with Gasteiger partial charge in [-0.3, -0.25) is 4.79 Å². The van der Waals surface area contributed by atoms with Gasteiger partial charge >= 0.3 is 5.97 Å². The predicted molar refractivity (Wildman–Crippen MR) is 68.2 cm³/mol. The lowest BCUT2D eigenvalue weighted by atomic mass is 10.3. The zero-order chi connectivity index (χ0) is 12.0. The fraction of sp³-hybridized carbons (Fsp3) is 0.417. The van der Waals surface area contributed by atoms with Crippen LogP contribution in [-0.4, -0.2) is 22.9 Å². The quantitative estimate of drug-likeness (QED) is 0.749. The summed E-state index contributed by atoms with van der Waals surface area (Å²) < 4.78 is 0. The van der Waals surface area contributed by atoms with Crippen molar-refractivity contribution >= 4 is 23.4 Å². The molecule has 0 amide bonds. The lowest BCUT2D eigenvalue weighted by molar-refractivity contribution is -0.136. The van der Waals surface area contributed by atoms with Crippen LogP contribution in [-0.2, 0) is 4.79 Å². The van der Waals surface area contributed by atoms with Crippen molar-refractivity contribution in [1.29, 1.82) is 0 Å². The van der Waals surface area contributed by atoms with Crippen molar-refractivity contribution in [3.8, 4) is 0 Å². The van der Waals surface area contributed by atoms with Gasteiger partial charge in [-0.25, -0.2) is 0 Å². The molecule has 1 aromatic carbocycles. The minimum atomic E-state index is -0.778. The average molecular weight is 239 g/mol. The van der Waals surface area contributed by atoms with E-state index >= 15 is 0 Å². The Morgan fingerprint density at radius 3 is 2.50 bits per heavy atom. The molecule has 0 radical (unpaired) electrons. The second-order valence-corrected chi connectivity index (χ2v) is 5.41. The number of aliphatic carboxylic acids is 1. The van der Waals surface area contributed by atoms with Crippen molar-refractivity contribution in [2.75, 3.05) is 11.9 Å². The molecule has 0 heterocycles. The Kier molecular flexibility index (Phi) is 5.19. The first-order chi connectivity index (χ1) is 7.58. The molecule has 16 heavy (non-hydrogen) atoms. The molecule has 0 aliphatic rings. The third-order valence-electron chi connectivity index (χ3n) is 1.89. The first kappa shape index (κ1) is 12.9. The summed E-state index contributed by atoms with van der Waals surface area (Å²) >= 11 is 1.81. The van der Waals surface area contributed by atoms with Gasteiger partial charge in [-0.05, 0) is 24.3 Å². The van der Waals surface area contributed by atoms with Gasteiger partial charge in [0.15, 0.2) is 0 Å². The van der Waals surface area contributed by atoms with E-state index in [4.69, 9.17) is 5.11 Å². The maximum atomic E-state index is 10.3. The molecule has 0 atom stereocenters. The van der Waals surface area contributed by atoms with Crippen molar-refractivity contribution in [3.63, 3.8) is 0 Å². The highest BCUT2D eigenvalue weighted by atomic mass is 32.2. The van der Waals surface area contributed by atoms with E-state index in [2.05, 4.69) is 19.2 Å². The molecule has 0 spiro atoms. The first-order valence-electron chi connectivity index (χ1n) is 5.30. The zero-order valence-electron chi connectivity index (χ0n) is 9.56. The Hall–Kier alpha value is -1.16. The minimum Gasteiger partial charge on any atom is -0.481 e. The van der Waals surface area contributed by atoms with Crippen LogP contribution in [0.4, 0.5) is 5.69 Å². The van der Waals surface area contributed by atoms with Crippen LogP contribution in [0, 0.1) is 0 Å². The minimum absolute atomic E-state index is 0.141. The molecule has 88 valence electrons. The number of anilines is 1. The normalized spacial score (nSPS) is 10.4. The van der Waals surface area contributed by atoms with E-state index in [1.54, 1.807) is 0 Å². The molecule has 4 heteroatoms. The molecule has 0 fully saturated rings. The lowest BCUT2D eigenvalue weighted by Gasteiger charge is -2.07. The molecule has 2 N–H and O–H groups in total. The van der Waals surface area contributed by atoms with Gasteiger partial charge in [0.1, 0.15) is 0 Å². The van der Waals surface area contributed by atoms with Crippen LogP contribution < -0.4 is 5.32 Å². The molecule has 1 rings (SSSR count). The Balaban J connectivity index is 2.42. The SMILES string of the molecule is CC(C)Sc1ccc(NCCC(=O)O)cc1. The Morgan fingerprint density at radius 1 is 1.38 bits per heavy atom. The molecule has 0 saturated carbocycles. The summed E-state index contributed by atoms with van der Waals surface area (Å²) in [6.45, 7) is 4.78. The van der Waals surface area contributed by atoms with E-state index in [1.807, 2.05) is 36.0 Å². The van der Waals surface area contributed by atoms with Gasteiger partial charge in [0.25, 0.3) is 0 Å². The van der Waals surface area contributed by atoms with Crippen LogP contribution in [0.15, 0.2) is 29.2 Å². The summed E-state index contributed by atoms with van der Waals surface area (Å²) in [5.41, 5.74) is 0.967. The Morgan fingerprint density at radius 2 is 2.00 bits per heavy atom. The summed E-state index contributed by atoms with van der Waals surface area (Å²) in [5, 5.41) is 12.1. The van der Waals surface area contributed by atoms with E-state index in [-0.39, 0.29) is 6.42 Å². The van der Waals surface area contributed by atoms with Gasteiger partial charge in [-0.2, -0.15) is 0 Å². The highest BCUT2D eigenvalue weighted by Gasteiger charge is 1.99. The molecule has 3 nitrogen and oxygen atoms in total. The number of carboxylic acids is 1. The third-order valence-corrected chi connectivity index (χ3v) is 2.91. The monoisotopic (exact) mass is 239 g/mol. The summed E-state index contributed by atoms with van der Waals surface area (Å²) in [6.07, 6.45) is 0.141. The van der Waals surface area contributed by atoms with Crippen molar-refractivity contribution in [2.24, 2.45) is 0 Å². The molecule has 0 aromatic heterocycles. The first-order valence-corrected chi connectivity index (χ1v) is 6.18. The van der Waals surface area contributed by atoms with Crippen LogP contribution in [0.2, 0.25) is 0 Å². The van der Waals surface area contributed by atoms with E-state index < -0.39 is 5.97 Å². The number of carboxylic acid groups (broad SMARTS) is 1. The standard InChI is InChI=1S/C12H17NO2S/c1-9(2)16-11-5-3-10(4-6-11)13-8-7-12(14)15/h3-6,9,13H,7-8H2,1-2H3,(H,14,15). The van der Waals surface area contributed by atoms with Crippen LogP contribution >= 0.6 is 11.8 Å². The maximum absolute atomic E-state index is 10.3. The largest absolute Gasteiger partial charge is 0.481 e. The Bertz CT molecular complexity index is 335. The number of nitrogens with one attached hydrogen (secondary N) is 1. The van der Waals surface area contributed by atoms with Gasteiger partial charge in [-0.15, -0.1) is 11.8 Å². The molecule has 0 unspecified atom stereocenters. The number of benzene rings is 1. The van der Waals surface area contributed by atoms with Gasteiger partial charge in [-0.1, -0.05) is 13.8 Å². The fourth-order valence-corrected chi connectivity index (χ4v) is 2.07. The number of hydrogen-bond donors (Lipinski definition) is 2. The summed E-state index contributed by atoms with van der Waals surface area (Å²) in [7, 11) is 0. The number of hydrogen-bond acceptors (Lipinski definition) is 3. The van der Waals surface area contributed by atoms with Crippen LogP contribution in [0.25, 0.3) is 0 Å². The second kappa shape index (κ2) is 6.43. The molecule has 0 aliphatic carbocycles. The van der Waals surface area contributed by atoms with E-state index in [0.717, 1.165) is 5.69 Å². The number of rotatable bonds is 6. The van der Waals surface area contributed by atoms with Crippen molar-refractivity contribution in [2.45, 2.75) is 30.4 Å². The van der Waals surface area contributed by atoms with Gasteiger partial charge < -0.3 is 10.4 Å². The molecule has 1 aromatic rings. The zero-order valence-corrected chi connectivity index (χ0v) is 10.4. The molecule has 0 saturated heterocycles. The number of carbonyl (C=O) groups is 1. The third kappa shape index (κ3) is 5.07. The van der Waals surface area contributed by atoms with Crippen molar-refractivity contribution in [3.05, 3.63) is 24.3 Å². The van der Waals surface area contributed by atoms with E-state index in [9.17, 15) is 4.79 Å². The molecular weight excluding hydrogens is 222 g/mol. The van der Waals surface area contributed by atoms with Gasteiger partial charge in [0, 0.05) is 22.4 Å². The Labute approximate surface area is 100 Å². The highest BCUT2D eigenvalue weighted by Crippen LogP contribution is 2.23. The predicted octanol–water partition coefficient (Wildman–Crippen LogP) is 3.07.